The van der Waals surface area contributed by atoms with Crippen LogP contribution in [0.5, 0.6) is 0 Å². The van der Waals surface area contributed by atoms with Gasteiger partial charge in [-0.25, -0.2) is 0 Å². The van der Waals surface area contributed by atoms with Crippen molar-refractivity contribution in [2.45, 2.75) is 267 Å². The fourth-order valence-corrected chi connectivity index (χ4v) is 14.8. The third-order valence-electron chi connectivity index (χ3n) is 18.3. The van der Waals surface area contributed by atoms with Crippen LogP contribution < -0.4 is 0 Å². The molecule has 60 heavy (non-hydrogen) atoms. The summed E-state index contributed by atoms with van der Waals surface area (Å²) in [4.78, 5) is 13.6. The van der Waals surface area contributed by atoms with Gasteiger partial charge in [0.2, 0.25) is 0 Å². The molecule has 0 aromatic heterocycles. The van der Waals surface area contributed by atoms with E-state index >= 15 is 0 Å². The third-order valence-corrected chi connectivity index (χ3v) is 19.6. The van der Waals surface area contributed by atoms with Crippen LogP contribution in [-0.4, -0.2) is 9.71 Å². The van der Waals surface area contributed by atoms with Gasteiger partial charge in [0.05, 0.1) is 0 Å². The Balaban J connectivity index is 1.19. The van der Waals surface area contributed by atoms with Crippen molar-refractivity contribution in [3.63, 3.8) is 0 Å². The predicted octanol–water partition coefficient (Wildman–Crippen LogP) is 19.2. The monoisotopic (exact) mass is 947 g/mol. The van der Waals surface area contributed by atoms with Crippen molar-refractivity contribution in [3.8, 4) is 0 Å². The Hall–Kier alpha value is 0.400. The first kappa shape index (κ1) is 53.0. The number of ketones is 1. The second-order valence-electron chi connectivity index (χ2n) is 25.9. The van der Waals surface area contributed by atoms with E-state index in [1.165, 1.54) is 148 Å². The molecule has 4 aliphatic rings. The van der Waals surface area contributed by atoms with Crippen molar-refractivity contribution in [1.82, 2.24) is 0 Å². The number of halogens is 1. The predicted molar refractivity (Wildman–Crippen MR) is 274 cm³/mol. The van der Waals surface area contributed by atoms with Crippen LogP contribution >= 0.6 is 22.6 Å². The Kier molecular flexibility index (Phi) is 22.9. The van der Waals surface area contributed by atoms with Crippen molar-refractivity contribution < 1.29 is 4.79 Å². The van der Waals surface area contributed by atoms with Gasteiger partial charge in [0.15, 0.2) is 0 Å². The van der Waals surface area contributed by atoms with E-state index in [0.29, 0.717) is 17.1 Å². The molecule has 0 heterocycles. The number of alkyl halides is 1. The average Bonchev–Trinajstić information content (AvgIpc) is 3.97. The van der Waals surface area contributed by atoms with Crippen molar-refractivity contribution in [2.75, 3.05) is 0 Å². The molecule has 4 fully saturated rings. The lowest BCUT2D eigenvalue weighted by molar-refractivity contribution is -0.124. The zero-order valence-corrected chi connectivity index (χ0v) is 44.9. The zero-order chi connectivity index (χ0) is 44.0. The number of unbranched alkanes of at least 4 members (excludes halogenated alkanes) is 1. The van der Waals surface area contributed by atoms with Gasteiger partial charge in [-0.1, -0.05) is 144 Å². The summed E-state index contributed by atoms with van der Waals surface area (Å²) in [5.41, 5.74) is 1.22. The largest absolute Gasteiger partial charge is 0.299 e. The van der Waals surface area contributed by atoms with Crippen molar-refractivity contribution in [1.29, 1.82) is 0 Å². The number of carbonyl (C=O) groups is 1. The minimum Gasteiger partial charge on any atom is -0.299 e. The number of carbonyl (C=O) groups excluding carboxylic acids is 1. The number of Topliss-reactive ketones (excluding diaryl/α,β-unsaturated/α-hetero) is 1. The average molecular weight is 947 g/mol. The fourth-order valence-electron chi connectivity index (χ4n) is 14.1. The first-order chi connectivity index (χ1) is 28.4. The first-order valence-corrected chi connectivity index (χ1v) is 28.8. The minimum absolute atomic E-state index is 0.241. The number of hydrogen-bond acceptors (Lipinski definition) is 1. The van der Waals surface area contributed by atoms with Gasteiger partial charge in [-0.3, -0.25) is 4.79 Å². The van der Waals surface area contributed by atoms with E-state index in [4.69, 9.17) is 0 Å². The van der Waals surface area contributed by atoms with Gasteiger partial charge in [-0.2, -0.15) is 0 Å². The highest BCUT2D eigenvalue weighted by atomic mass is 127. The molecule has 0 aliphatic heterocycles. The van der Waals surface area contributed by atoms with E-state index in [1.54, 1.807) is 19.3 Å². The molecule has 352 valence electrons. The molecule has 5 unspecified atom stereocenters. The SMILES string of the molecule is CCC(C)C(CCC(C)C(=O)CC1CCC(C(CC(C)C)CC(C)C)CC1)C[C@H](C)C1CCC(CC(C)CC(CCCCC(C)(C)C)CC2(C3CCC(I)CC3)CC2)CC1. The van der Waals surface area contributed by atoms with E-state index in [-0.39, 0.29) is 5.92 Å². The quantitative estimate of drug-likeness (QED) is 0.0456. The minimum atomic E-state index is 0.241. The summed E-state index contributed by atoms with van der Waals surface area (Å²) in [6.07, 6.45) is 39.3. The molecular weight excluding hydrogens is 840 g/mol. The smallest absolute Gasteiger partial charge is 0.135 e. The molecule has 0 amide bonds. The molecule has 4 saturated carbocycles. The second kappa shape index (κ2) is 25.9. The molecule has 6 atom stereocenters. The number of rotatable bonds is 27. The maximum Gasteiger partial charge on any atom is 0.135 e. The first-order valence-electron chi connectivity index (χ1n) is 27.5. The molecular formula is C58H107IO. The summed E-state index contributed by atoms with van der Waals surface area (Å²) < 4.78 is 0.945. The molecule has 0 aromatic rings. The molecule has 4 rings (SSSR count). The van der Waals surface area contributed by atoms with Crippen molar-refractivity contribution in [3.05, 3.63) is 0 Å². The molecule has 4 aliphatic carbocycles. The molecule has 2 heteroatoms. The maximum atomic E-state index is 13.6. The Morgan fingerprint density at radius 2 is 1.25 bits per heavy atom. The van der Waals surface area contributed by atoms with Gasteiger partial charge in [0, 0.05) is 16.3 Å². The van der Waals surface area contributed by atoms with Crippen LogP contribution in [0.25, 0.3) is 0 Å². The maximum absolute atomic E-state index is 13.6. The van der Waals surface area contributed by atoms with E-state index < -0.39 is 0 Å². The molecule has 0 radical (unpaired) electrons. The molecule has 0 bridgehead atoms. The summed E-state index contributed by atoms with van der Waals surface area (Å²) in [5, 5.41) is 0. The second-order valence-corrected chi connectivity index (χ2v) is 27.6. The van der Waals surface area contributed by atoms with Crippen LogP contribution in [0.15, 0.2) is 0 Å². The Morgan fingerprint density at radius 3 is 1.80 bits per heavy atom. The summed E-state index contributed by atoms with van der Waals surface area (Å²) in [7, 11) is 0. The van der Waals surface area contributed by atoms with Crippen LogP contribution in [0.1, 0.15) is 263 Å². The highest BCUT2D eigenvalue weighted by Crippen LogP contribution is 2.61. The summed E-state index contributed by atoms with van der Waals surface area (Å²) in [6.45, 7) is 29.4. The Morgan fingerprint density at radius 1 is 0.667 bits per heavy atom. The van der Waals surface area contributed by atoms with Crippen LogP contribution in [0.4, 0.5) is 0 Å². The van der Waals surface area contributed by atoms with E-state index in [1.807, 2.05) is 0 Å². The van der Waals surface area contributed by atoms with Crippen LogP contribution in [0, 0.1) is 93.7 Å². The van der Waals surface area contributed by atoms with Gasteiger partial charge in [-0.05, 0) is 223 Å². The molecule has 1 nitrogen and oxygen atoms in total. The Labute approximate surface area is 391 Å². The lowest BCUT2D eigenvalue weighted by atomic mass is 9.69. The lowest BCUT2D eigenvalue weighted by Crippen LogP contribution is -2.27. The van der Waals surface area contributed by atoms with Gasteiger partial charge >= 0.3 is 0 Å². The highest BCUT2D eigenvalue weighted by molar-refractivity contribution is 14.1. The summed E-state index contributed by atoms with van der Waals surface area (Å²) in [5.74, 6) is 12.0. The Bertz CT molecular complexity index is 1140. The van der Waals surface area contributed by atoms with Gasteiger partial charge in [-0.15, -0.1) is 0 Å². The topological polar surface area (TPSA) is 17.1 Å². The van der Waals surface area contributed by atoms with Gasteiger partial charge in [0.25, 0.3) is 0 Å². The van der Waals surface area contributed by atoms with Gasteiger partial charge < -0.3 is 0 Å². The molecule has 0 spiro atoms. The summed E-state index contributed by atoms with van der Waals surface area (Å²) >= 11 is 2.73. The lowest BCUT2D eigenvalue weighted by Gasteiger charge is -2.37. The van der Waals surface area contributed by atoms with Crippen LogP contribution in [0.2, 0.25) is 0 Å². The van der Waals surface area contributed by atoms with E-state index in [0.717, 1.165) is 93.2 Å². The van der Waals surface area contributed by atoms with Crippen molar-refractivity contribution >= 4 is 28.4 Å². The molecule has 0 N–H and O–H groups in total. The standard InChI is InChI=1S/C58H107IO/c1-13-44(7)52(22-17-45(8)56(60)39-48-20-25-51(26-21-48)53(34-41(2)3)35-42(4)5)38-46(9)50-23-18-47(19-24-50)36-43(6)37-49(16-14-15-31-57(10,11)12)40-58(32-33-58)54-27-29-55(59)30-28-54/h41-55H,13-40H2,1-12H3/t43?,44?,45?,46-,47?,48?,49?,50?,51?,52?,54?,55?/m0/s1. The summed E-state index contributed by atoms with van der Waals surface area (Å²) in [6, 6.07) is 0. The highest BCUT2D eigenvalue weighted by Gasteiger charge is 2.50. The molecule has 0 saturated heterocycles. The zero-order valence-electron chi connectivity index (χ0n) is 42.7. The third kappa shape index (κ3) is 18.7. The number of hydrogen-bond donors (Lipinski definition) is 0. The normalized spacial score (nSPS) is 29.3. The van der Waals surface area contributed by atoms with E-state index in [2.05, 4.69) is 106 Å². The fraction of sp³-hybridized carbons (Fsp3) is 0.983. The van der Waals surface area contributed by atoms with E-state index in [9.17, 15) is 4.79 Å². The molecule has 0 aromatic carbocycles. The van der Waals surface area contributed by atoms with Crippen LogP contribution in [-0.2, 0) is 4.79 Å². The van der Waals surface area contributed by atoms with Gasteiger partial charge in [0.1, 0.15) is 5.78 Å². The van der Waals surface area contributed by atoms with Crippen molar-refractivity contribution in [2.24, 2.45) is 93.7 Å². The van der Waals surface area contributed by atoms with Crippen LogP contribution in [0.3, 0.4) is 0 Å².